The van der Waals surface area contributed by atoms with Gasteiger partial charge in [0.05, 0.1) is 0 Å². The molecule has 2 bridgehead atoms. The third kappa shape index (κ3) is 2.22. The normalized spacial score (nSPS) is 27.0. The van der Waals surface area contributed by atoms with E-state index in [0.717, 1.165) is 38.0 Å². The molecule has 3 aliphatic rings. The van der Waals surface area contributed by atoms with Crippen molar-refractivity contribution in [3.8, 4) is 11.5 Å². The van der Waals surface area contributed by atoms with Crippen LogP contribution in [0.1, 0.15) is 35.0 Å². The molecule has 1 atom stereocenters. The highest BCUT2D eigenvalue weighted by Crippen LogP contribution is 2.41. The van der Waals surface area contributed by atoms with Gasteiger partial charge in [-0.2, -0.15) is 0 Å². The highest BCUT2D eigenvalue weighted by Gasteiger charge is 2.39. The van der Waals surface area contributed by atoms with Gasteiger partial charge >= 0.3 is 0 Å². The molecule has 3 fully saturated rings. The first-order valence-electron chi connectivity index (χ1n) is 7.80. The molecule has 1 aromatic carbocycles. The summed E-state index contributed by atoms with van der Waals surface area (Å²) < 4.78 is 6.02. The molecular formula is C17H19N3O2. The van der Waals surface area contributed by atoms with Gasteiger partial charge in [0, 0.05) is 18.0 Å². The fraction of sp³-hybridized carbons (Fsp3) is 0.412. The van der Waals surface area contributed by atoms with E-state index in [1.165, 1.54) is 0 Å². The van der Waals surface area contributed by atoms with E-state index >= 15 is 0 Å². The van der Waals surface area contributed by atoms with Gasteiger partial charge in [-0.15, -0.1) is 0 Å². The van der Waals surface area contributed by atoms with E-state index < -0.39 is 5.91 Å². The van der Waals surface area contributed by atoms with E-state index in [0.29, 0.717) is 23.3 Å². The largest absolute Gasteiger partial charge is 0.440 e. The van der Waals surface area contributed by atoms with Crippen LogP contribution in [0.3, 0.4) is 0 Å². The fourth-order valence-corrected chi connectivity index (χ4v) is 3.73. The van der Waals surface area contributed by atoms with Crippen LogP contribution in [-0.2, 0) is 0 Å². The number of nitrogens with zero attached hydrogens (tertiary/aromatic N) is 2. The second-order valence-corrected chi connectivity index (χ2v) is 6.21. The first-order chi connectivity index (χ1) is 10.7. The number of nitrogens with two attached hydrogens (primary N) is 1. The van der Waals surface area contributed by atoms with Crippen molar-refractivity contribution in [3.63, 3.8) is 0 Å². The predicted molar refractivity (Wildman–Crippen MR) is 82.4 cm³/mol. The van der Waals surface area contributed by atoms with Crippen molar-refractivity contribution in [2.24, 2.45) is 11.7 Å². The fourth-order valence-electron chi connectivity index (χ4n) is 3.73. The highest BCUT2D eigenvalue weighted by atomic mass is 16.4. The molecule has 0 spiro atoms. The van der Waals surface area contributed by atoms with E-state index in [2.05, 4.69) is 9.88 Å². The Labute approximate surface area is 129 Å². The molecule has 3 aliphatic heterocycles. The third-order valence-electron chi connectivity index (χ3n) is 4.90. The van der Waals surface area contributed by atoms with Gasteiger partial charge in [0.25, 0.3) is 5.91 Å². The molecule has 1 amide bonds. The molecule has 1 unspecified atom stereocenters. The number of oxazole rings is 1. The van der Waals surface area contributed by atoms with Crippen LogP contribution in [-0.4, -0.2) is 35.4 Å². The Morgan fingerprint density at radius 3 is 2.55 bits per heavy atom. The first kappa shape index (κ1) is 13.5. The summed E-state index contributed by atoms with van der Waals surface area (Å²) in [6.45, 7) is 3.23. The number of rotatable bonds is 3. The summed E-state index contributed by atoms with van der Waals surface area (Å²) in [6.07, 6.45) is 2.31. The van der Waals surface area contributed by atoms with Crippen molar-refractivity contribution in [2.75, 3.05) is 19.6 Å². The van der Waals surface area contributed by atoms with Crippen LogP contribution in [0.4, 0.5) is 0 Å². The third-order valence-corrected chi connectivity index (χ3v) is 4.90. The second-order valence-electron chi connectivity index (χ2n) is 6.21. The van der Waals surface area contributed by atoms with E-state index in [1.54, 1.807) is 0 Å². The summed E-state index contributed by atoms with van der Waals surface area (Å²) in [5.74, 6) is 1.47. The molecule has 5 rings (SSSR count). The number of carbonyl (C=O) groups excluding carboxylic acids is 1. The molecule has 22 heavy (non-hydrogen) atoms. The van der Waals surface area contributed by atoms with Gasteiger partial charge in [-0.1, -0.05) is 18.2 Å². The molecule has 2 aromatic rings. The maximum Gasteiger partial charge on any atom is 0.270 e. The van der Waals surface area contributed by atoms with Crippen molar-refractivity contribution in [2.45, 2.75) is 18.8 Å². The summed E-state index contributed by atoms with van der Waals surface area (Å²) in [4.78, 5) is 18.6. The predicted octanol–water partition coefficient (Wildman–Crippen LogP) is 2.25. The molecule has 0 aliphatic carbocycles. The van der Waals surface area contributed by atoms with E-state index in [1.807, 2.05) is 30.3 Å². The molecule has 114 valence electrons. The standard InChI is InChI=1S/C17H19N3O2/c18-16(21)14-15(13-10-20-8-6-11(13)7-9-20)22-17(19-14)12-4-2-1-3-5-12/h1-5,11,13H,6-10H2,(H2,18,21). The maximum absolute atomic E-state index is 11.8. The summed E-state index contributed by atoms with van der Waals surface area (Å²) in [5, 5.41) is 0. The molecule has 3 saturated heterocycles. The molecule has 5 heteroatoms. The number of amides is 1. The van der Waals surface area contributed by atoms with Crippen molar-refractivity contribution >= 4 is 5.91 Å². The zero-order chi connectivity index (χ0) is 15.1. The average molecular weight is 297 g/mol. The summed E-state index contributed by atoms with van der Waals surface area (Å²) in [5.41, 5.74) is 6.71. The number of aromatic nitrogens is 1. The Morgan fingerprint density at radius 2 is 1.95 bits per heavy atom. The number of piperidine rings is 3. The van der Waals surface area contributed by atoms with Crippen LogP contribution in [0.2, 0.25) is 0 Å². The zero-order valence-electron chi connectivity index (χ0n) is 12.4. The number of fused-ring (bicyclic) bond motifs is 3. The Morgan fingerprint density at radius 1 is 1.23 bits per heavy atom. The number of primary amides is 1. The Hall–Kier alpha value is -2.14. The smallest absolute Gasteiger partial charge is 0.270 e. The van der Waals surface area contributed by atoms with Gasteiger partial charge in [-0.3, -0.25) is 4.79 Å². The number of hydrogen-bond donors (Lipinski definition) is 1. The Kier molecular flexibility index (Phi) is 3.22. The second kappa shape index (κ2) is 5.25. The topological polar surface area (TPSA) is 72.4 Å². The number of carbonyl (C=O) groups is 1. The van der Waals surface area contributed by atoms with Gasteiger partial charge in [0.1, 0.15) is 5.76 Å². The minimum Gasteiger partial charge on any atom is -0.440 e. The molecular weight excluding hydrogens is 278 g/mol. The van der Waals surface area contributed by atoms with Crippen LogP contribution in [0.5, 0.6) is 0 Å². The van der Waals surface area contributed by atoms with Crippen LogP contribution in [0, 0.1) is 5.92 Å². The van der Waals surface area contributed by atoms with Crippen LogP contribution in [0.15, 0.2) is 34.7 Å². The maximum atomic E-state index is 11.8. The highest BCUT2D eigenvalue weighted by molar-refractivity contribution is 5.92. The lowest BCUT2D eigenvalue weighted by atomic mass is 9.77. The summed E-state index contributed by atoms with van der Waals surface area (Å²) in [6, 6.07) is 9.65. The van der Waals surface area contributed by atoms with Crippen molar-refractivity contribution in [1.29, 1.82) is 0 Å². The Bertz CT molecular complexity index is 687. The van der Waals surface area contributed by atoms with Gasteiger partial charge in [-0.05, 0) is 44.0 Å². The minimum absolute atomic E-state index is 0.231. The molecule has 0 saturated carbocycles. The lowest BCUT2D eigenvalue weighted by Gasteiger charge is -2.43. The first-order valence-corrected chi connectivity index (χ1v) is 7.80. The van der Waals surface area contributed by atoms with Crippen molar-refractivity contribution < 1.29 is 9.21 Å². The lowest BCUT2D eigenvalue weighted by molar-refractivity contribution is 0.0769. The van der Waals surface area contributed by atoms with E-state index in [4.69, 9.17) is 10.2 Å². The van der Waals surface area contributed by atoms with E-state index in [9.17, 15) is 4.79 Å². The van der Waals surface area contributed by atoms with Crippen molar-refractivity contribution in [1.82, 2.24) is 9.88 Å². The quantitative estimate of drug-likeness (QED) is 0.943. The zero-order valence-corrected chi connectivity index (χ0v) is 12.4. The summed E-state index contributed by atoms with van der Waals surface area (Å²) in [7, 11) is 0. The van der Waals surface area contributed by atoms with Crippen LogP contribution >= 0.6 is 0 Å². The summed E-state index contributed by atoms with van der Waals surface area (Å²) >= 11 is 0. The monoisotopic (exact) mass is 297 g/mol. The van der Waals surface area contributed by atoms with Gasteiger partial charge in [0.2, 0.25) is 5.89 Å². The molecule has 0 radical (unpaired) electrons. The molecule has 2 N–H and O–H groups in total. The molecule has 1 aromatic heterocycles. The molecule has 5 nitrogen and oxygen atoms in total. The SMILES string of the molecule is NC(=O)c1nc(-c2ccccc2)oc1C1CN2CCC1CC2. The molecule has 4 heterocycles. The number of hydrogen-bond acceptors (Lipinski definition) is 4. The minimum atomic E-state index is -0.502. The van der Waals surface area contributed by atoms with Gasteiger partial charge < -0.3 is 15.1 Å². The Balaban J connectivity index is 1.75. The average Bonchev–Trinajstić information content (AvgIpc) is 3.02. The van der Waals surface area contributed by atoms with Gasteiger partial charge in [0.15, 0.2) is 5.69 Å². The van der Waals surface area contributed by atoms with Crippen LogP contribution < -0.4 is 5.73 Å². The van der Waals surface area contributed by atoms with Crippen molar-refractivity contribution in [3.05, 3.63) is 41.8 Å². The number of benzene rings is 1. The lowest BCUT2D eigenvalue weighted by Crippen LogP contribution is -2.46. The van der Waals surface area contributed by atoms with Gasteiger partial charge in [-0.25, -0.2) is 4.98 Å². The van der Waals surface area contributed by atoms with E-state index in [-0.39, 0.29) is 5.92 Å². The van der Waals surface area contributed by atoms with Crippen LogP contribution in [0.25, 0.3) is 11.5 Å².